The van der Waals surface area contributed by atoms with Crippen molar-refractivity contribution in [3.63, 3.8) is 0 Å². The average Bonchev–Trinajstić information content (AvgIpc) is 2.69. The molecule has 1 aliphatic heterocycles. The van der Waals surface area contributed by atoms with E-state index in [1.165, 1.54) is 32.7 Å². The van der Waals surface area contributed by atoms with E-state index >= 15 is 0 Å². The van der Waals surface area contributed by atoms with Gasteiger partial charge in [-0.15, -0.1) is 0 Å². The first-order chi connectivity index (χ1) is 9.12. The highest BCUT2D eigenvalue weighted by Crippen LogP contribution is 2.33. The summed E-state index contributed by atoms with van der Waals surface area (Å²) in [7, 11) is 4.62. The van der Waals surface area contributed by atoms with Crippen LogP contribution in [0.1, 0.15) is 11.1 Å². The molecule has 0 spiro atoms. The molecule has 0 radical (unpaired) electrons. The zero-order valence-electron chi connectivity index (χ0n) is 11.9. The Kier molecular flexibility index (Phi) is 3.11. The summed E-state index contributed by atoms with van der Waals surface area (Å²) >= 11 is 0. The predicted octanol–water partition coefficient (Wildman–Crippen LogP) is 1.09. The van der Waals surface area contributed by atoms with Crippen molar-refractivity contribution in [1.29, 1.82) is 0 Å². The SMILES string of the molecule is C[N+]1(C)Cc2cc3ccc4ccccc4c3cc2C1.[Br-]. The molecule has 1 aliphatic rings. The van der Waals surface area contributed by atoms with Gasteiger partial charge in [0, 0.05) is 11.1 Å². The fraction of sp³-hybridized carbons (Fsp3) is 0.222. The van der Waals surface area contributed by atoms with E-state index in [9.17, 15) is 0 Å². The van der Waals surface area contributed by atoms with Crippen LogP contribution in [0.5, 0.6) is 0 Å². The maximum Gasteiger partial charge on any atom is 0.105 e. The molecular weight excluding hydrogens is 310 g/mol. The number of hydrogen-bond donors (Lipinski definition) is 0. The van der Waals surface area contributed by atoms with Gasteiger partial charge in [-0.05, 0) is 33.7 Å². The third-order valence-corrected chi connectivity index (χ3v) is 4.26. The van der Waals surface area contributed by atoms with Gasteiger partial charge >= 0.3 is 0 Å². The molecule has 3 aromatic carbocycles. The summed E-state index contributed by atoms with van der Waals surface area (Å²) in [6.07, 6.45) is 0. The second-order valence-electron chi connectivity index (χ2n) is 6.38. The molecule has 4 rings (SSSR count). The maximum absolute atomic E-state index is 2.42. The van der Waals surface area contributed by atoms with E-state index in [2.05, 4.69) is 62.6 Å². The van der Waals surface area contributed by atoms with E-state index in [0.29, 0.717) is 0 Å². The smallest absolute Gasteiger partial charge is 0.105 e. The fourth-order valence-corrected chi connectivity index (χ4v) is 3.42. The Balaban J connectivity index is 0.00000121. The van der Waals surface area contributed by atoms with Gasteiger partial charge in [0.05, 0.1) is 14.1 Å². The standard InChI is InChI=1S/C18H18N.BrH/c1-19(2)11-15-9-14-8-7-13-5-3-4-6-17(13)18(14)10-16(15)12-19;/h3-10H,11-12H2,1-2H3;1H/q+1;/p-1. The molecule has 0 fully saturated rings. The Morgan fingerprint density at radius 2 is 1.40 bits per heavy atom. The van der Waals surface area contributed by atoms with Crippen LogP contribution in [0.4, 0.5) is 0 Å². The van der Waals surface area contributed by atoms with Crippen LogP contribution in [0.15, 0.2) is 48.5 Å². The fourth-order valence-electron chi connectivity index (χ4n) is 3.42. The largest absolute Gasteiger partial charge is 1.00 e. The Labute approximate surface area is 130 Å². The number of benzene rings is 3. The number of nitrogens with zero attached hydrogens (tertiary/aromatic N) is 1. The van der Waals surface area contributed by atoms with Crippen molar-refractivity contribution in [3.05, 3.63) is 59.7 Å². The first kappa shape index (κ1) is 13.6. The lowest BCUT2D eigenvalue weighted by molar-refractivity contribution is -0.910. The summed E-state index contributed by atoms with van der Waals surface area (Å²) in [4.78, 5) is 0. The van der Waals surface area contributed by atoms with Gasteiger partial charge in [0.2, 0.25) is 0 Å². The van der Waals surface area contributed by atoms with Gasteiger partial charge in [-0.25, -0.2) is 0 Å². The molecule has 2 heteroatoms. The van der Waals surface area contributed by atoms with Crippen LogP contribution in [0.25, 0.3) is 21.5 Å². The van der Waals surface area contributed by atoms with Gasteiger partial charge in [-0.2, -0.15) is 0 Å². The van der Waals surface area contributed by atoms with Crippen molar-refractivity contribution in [1.82, 2.24) is 0 Å². The molecule has 0 N–H and O–H groups in total. The second-order valence-corrected chi connectivity index (χ2v) is 6.38. The molecule has 0 saturated heterocycles. The minimum Gasteiger partial charge on any atom is -1.00 e. The van der Waals surface area contributed by atoms with Crippen molar-refractivity contribution >= 4 is 21.5 Å². The lowest BCUT2D eigenvalue weighted by atomic mass is 9.98. The molecule has 0 amide bonds. The molecular formula is C18H18BrN. The topological polar surface area (TPSA) is 0 Å². The van der Waals surface area contributed by atoms with E-state index in [1.807, 2.05) is 0 Å². The molecule has 102 valence electrons. The monoisotopic (exact) mass is 327 g/mol. The third kappa shape index (κ3) is 2.04. The van der Waals surface area contributed by atoms with Crippen molar-refractivity contribution in [2.75, 3.05) is 14.1 Å². The summed E-state index contributed by atoms with van der Waals surface area (Å²) < 4.78 is 1.07. The lowest BCUT2D eigenvalue weighted by Crippen LogP contribution is -3.00. The zero-order valence-corrected chi connectivity index (χ0v) is 13.4. The van der Waals surface area contributed by atoms with Crippen LogP contribution in [-0.4, -0.2) is 18.6 Å². The minimum atomic E-state index is 0. The van der Waals surface area contributed by atoms with Crippen molar-refractivity contribution in [3.8, 4) is 0 Å². The van der Waals surface area contributed by atoms with Crippen molar-refractivity contribution in [2.45, 2.75) is 13.1 Å². The van der Waals surface area contributed by atoms with E-state index in [0.717, 1.165) is 17.6 Å². The van der Waals surface area contributed by atoms with Crippen LogP contribution in [0.2, 0.25) is 0 Å². The molecule has 0 aromatic heterocycles. The Morgan fingerprint density at radius 3 is 2.20 bits per heavy atom. The number of rotatable bonds is 0. The quantitative estimate of drug-likeness (QED) is 0.428. The van der Waals surface area contributed by atoms with Gasteiger partial charge in [-0.3, -0.25) is 0 Å². The Hall–Kier alpha value is -1.38. The van der Waals surface area contributed by atoms with E-state index in [4.69, 9.17) is 0 Å². The van der Waals surface area contributed by atoms with Gasteiger partial charge in [0.15, 0.2) is 0 Å². The Bertz CT molecular complexity index is 805. The van der Waals surface area contributed by atoms with Crippen LogP contribution < -0.4 is 17.0 Å². The van der Waals surface area contributed by atoms with Gasteiger partial charge in [-0.1, -0.05) is 36.4 Å². The molecule has 0 bridgehead atoms. The predicted molar refractivity (Wildman–Crippen MR) is 81.0 cm³/mol. The molecule has 1 heterocycles. The molecule has 0 unspecified atom stereocenters. The van der Waals surface area contributed by atoms with Gasteiger partial charge < -0.3 is 21.5 Å². The van der Waals surface area contributed by atoms with E-state index in [1.54, 1.807) is 0 Å². The Morgan fingerprint density at radius 1 is 0.750 bits per heavy atom. The molecule has 20 heavy (non-hydrogen) atoms. The highest BCUT2D eigenvalue weighted by atomic mass is 79.9. The maximum atomic E-state index is 2.42. The average molecular weight is 328 g/mol. The van der Waals surface area contributed by atoms with Crippen LogP contribution >= 0.6 is 0 Å². The molecule has 0 saturated carbocycles. The van der Waals surface area contributed by atoms with E-state index in [-0.39, 0.29) is 17.0 Å². The zero-order chi connectivity index (χ0) is 13.0. The lowest BCUT2D eigenvalue weighted by Gasteiger charge is -2.22. The summed E-state index contributed by atoms with van der Waals surface area (Å²) in [5.74, 6) is 0. The second kappa shape index (κ2) is 4.57. The van der Waals surface area contributed by atoms with Crippen molar-refractivity contribution < 1.29 is 21.5 Å². The van der Waals surface area contributed by atoms with Crippen LogP contribution in [0, 0.1) is 0 Å². The normalized spacial score (nSPS) is 16.1. The van der Waals surface area contributed by atoms with E-state index < -0.39 is 0 Å². The molecule has 1 nitrogen and oxygen atoms in total. The molecule has 3 aromatic rings. The van der Waals surface area contributed by atoms with Crippen molar-refractivity contribution in [2.24, 2.45) is 0 Å². The summed E-state index contributed by atoms with van der Waals surface area (Å²) in [5, 5.41) is 5.49. The number of quaternary nitrogens is 1. The summed E-state index contributed by atoms with van der Waals surface area (Å²) in [6, 6.07) is 18.0. The third-order valence-electron chi connectivity index (χ3n) is 4.26. The summed E-state index contributed by atoms with van der Waals surface area (Å²) in [5.41, 5.74) is 3.04. The molecule has 0 atom stereocenters. The summed E-state index contributed by atoms with van der Waals surface area (Å²) in [6.45, 7) is 2.30. The van der Waals surface area contributed by atoms with Gasteiger partial charge in [0.1, 0.15) is 13.1 Å². The number of halogens is 1. The highest BCUT2D eigenvalue weighted by Gasteiger charge is 2.27. The van der Waals surface area contributed by atoms with Crippen LogP contribution in [0.3, 0.4) is 0 Å². The number of fused-ring (bicyclic) bond motifs is 4. The number of hydrogen-bond acceptors (Lipinski definition) is 0. The first-order valence-electron chi connectivity index (χ1n) is 6.88. The molecule has 0 aliphatic carbocycles. The van der Waals surface area contributed by atoms with Crippen LogP contribution in [-0.2, 0) is 13.1 Å². The highest BCUT2D eigenvalue weighted by molar-refractivity contribution is 6.07. The first-order valence-corrected chi connectivity index (χ1v) is 6.88. The minimum absolute atomic E-state index is 0. The van der Waals surface area contributed by atoms with Gasteiger partial charge in [0.25, 0.3) is 0 Å².